The summed E-state index contributed by atoms with van der Waals surface area (Å²) < 4.78 is 12.7. The Morgan fingerprint density at radius 1 is 1.09 bits per heavy atom. The van der Waals surface area contributed by atoms with E-state index in [0.717, 1.165) is 22.6 Å². The van der Waals surface area contributed by atoms with Crippen LogP contribution in [0.15, 0.2) is 78.2 Å². The van der Waals surface area contributed by atoms with Gasteiger partial charge in [0.2, 0.25) is 12.7 Å². The van der Waals surface area contributed by atoms with Gasteiger partial charge in [-0.25, -0.2) is 0 Å². The summed E-state index contributed by atoms with van der Waals surface area (Å²) in [5.74, 6) is 2.19. The number of nitrogens with zero attached hydrogens (tertiary/aromatic N) is 4. The topological polar surface area (TPSA) is 91.2 Å². The first kappa shape index (κ1) is 21.0. The summed E-state index contributed by atoms with van der Waals surface area (Å²) in [5, 5.41) is 12.4. The third-order valence-corrected chi connectivity index (χ3v) is 6.10. The molecule has 3 heterocycles. The first-order valence-electron chi connectivity index (χ1n) is 10.4. The normalized spacial score (nSPS) is 13.0. The molecule has 166 valence electrons. The molecule has 8 nitrogen and oxygen atoms in total. The van der Waals surface area contributed by atoms with E-state index in [0.29, 0.717) is 16.7 Å². The van der Waals surface area contributed by atoms with Gasteiger partial charge in [-0.3, -0.25) is 14.3 Å². The number of aromatic nitrogens is 4. The molecule has 0 spiro atoms. The molecule has 1 amide bonds. The van der Waals surface area contributed by atoms with Crippen LogP contribution in [0.3, 0.4) is 0 Å². The van der Waals surface area contributed by atoms with Crippen LogP contribution in [0.4, 0.5) is 0 Å². The molecule has 5 rings (SSSR count). The van der Waals surface area contributed by atoms with Crippen molar-refractivity contribution in [2.75, 3.05) is 12.5 Å². The summed E-state index contributed by atoms with van der Waals surface area (Å²) >= 11 is 1.33. The smallest absolute Gasteiger partial charge is 0.231 e. The molecule has 2 aromatic carbocycles. The second-order valence-corrected chi connectivity index (χ2v) is 8.35. The highest BCUT2D eigenvalue weighted by atomic mass is 32.2. The Balaban J connectivity index is 1.31. The van der Waals surface area contributed by atoms with Crippen molar-refractivity contribution in [3.05, 3.63) is 78.6 Å². The first-order chi connectivity index (χ1) is 16.2. The van der Waals surface area contributed by atoms with Gasteiger partial charge < -0.3 is 14.8 Å². The Kier molecular flexibility index (Phi) is 5.95. The van der Waals surface area contributed by atoms with Gasteiger partial charge >= 0.3 is 0 Å². The highest BCUT2D eigenvalue weighted by Crippen LogP contribution is 2.34. The van der Waals surface area contributed by atoms with Gasteiger partial charge in [-0.15, -0.1) is 10.2 Å². The Morgan fingerprint density at radius 3 is 2.76 bits per heavy atom. The quantitative estimate of drug-likeness (QED) is 0.417. The minimum atomic E-state index is -0.175. The van der Waals surface area contributed by atoms with Crippen LogP contribution in [0.2, 0.25) is 0 Å². The maximum absolute atomic E-state index is 12.7. The van der Waals surface area contributed by atoms with Gasteiger partial charge in [0, 0.05) is 23.6 Å². The lowest BCUT2D eigenvalue weighted by Gasteiger charge is -2.15. The zero-order valence-electron chi connectivity index (χ0n) is 17.8. The molecule has 0 aliphatic carbocycles. The molecule has 0 fully saturated rings. The number of rotatable bonds is 7. The fourth-order valence-corrected chi connectivity index (χ4v) is 4.30. The minimum absolute atomic E-state index is 0.101. The van der Waals surface area contributed by atoms with E-state index < -0.39 is 0 Å². The molecule has 0 radical (unpaired) electrons. The highest BCUT2D eigenvalue weighted by Gasteiger charge is 2.19. The molecule has 9 heteroatoms. The lowest BCUT2D eigenvalue weighted by Crippen LogP contribution is -2.28. The van der Waals surface area contributed by atoms with E-state index in [1.54, 1.807) is 12.4 Å². The van der Waals surface area contributed by atoms with Gasteiger partial charge in [0.05, 0.1) is 11.8 Å². The van der Waals surface area contributed by atoms with Crippen LogP contribution in [-0.2, 0) is 4.79 Å². The Morgan fingerprint density at radius 2 is 1.94 bits per heavy atom. The van der Waals surface area contributed by atoms with Crippen molar-refractivity contribution in [3.63, 3.8) is 0 Å². The third-order valence-electron chi connectivity index (χ3n) is 5.17. The van der Waals surface area contributed by atoms with Crippen molar-refractivity contribution >= 4 is 17.7 Å². The van der Waals surface area contributed by atoms with Crippen LogP contribution in [0.25, 0.3) is 17.1 Å². The van der Waals surface area contributed by atoms with E-state index in [4.69, 9.17) is 9.47 Å². The lowest BCUT2D eigenvalue weighted by molar-refractivity contribution is -0.119. The number of benzene rings is 2. The monoisotopic (exact) mass is 459 g/mol. The van der Waals surface area contributed by atoms with Crippen LogP contribution < -0.4 is 14.8 Å². The van der Waals surface area contributed by atoms with Crippen molar-refractivity contribution in [1.29, 1.82) is 0 Å². The maximum atomic E-state index is 12.7. The third kappa shape index (κ3) is 4.54. The molecule has 0 saturated heterocycles. The minimum Gasteiger partial charge on any atom is -0.454 e. The summed E-state index contributed by atoms with van der Waals surface area (Å²) in [7, 11) is 0. The number of ether oxygens (including phenoxy) is 2. The summed E-state index contributed by atoms with van der Waals surface area (Å²) in [6, 6.07) is 19.1. The number of carbonyl (C=O) groups is 1. The van der Waals surface area contributed by atoms with Gasteiger partial charge in [0.25, 0.3) is 0 Å². The molecular weight excluding hydrogens is 438 g/mol. The van der Waals surface area contributed by atoms with Crippen LogP contribution >= 0.6 is 11.8 Å². The number of pyridine rings is 1. The number of nitrogens with one attached hydrogen (secondary N) is 1. The average Bonchev–Trinajstić information content (AvgIpc) is 3.50. The van der Waals surface area contributed by atoms with Crippen molar-refractivity contribution < 1.29 is 14.3 Å². The Hall–Kier alpha value is -3.85. The molecule has 0 saturated carbocycles. The summed E-state index contributed by atoms with van der Waals surface area (Å²) in [6.07, 6.45) is 3.46. The van der Waals surface area contributed by atoms with E-state index in [-0.39, 0.29) is 24.5 Å². The predicted octanol–water partition coefficient (Wildman–Crippen LogP) is 4.03. The van der Waals surface area contributed by atoms with Crippen molar-refractivity contribution in [1.82, 2.24) is 25.1 Å². The van der Waals surface area contributed by atoms with Crippen LogP contribution in [0.5, 0.6) is 11.5 Å². The average molecular weight is 460 g/mol. The fourth-order valence-electron chi connectivity index (χ4n) is 3.53. The number of fused-ring (bicyclic) bond motifs is 1. The second-order valence-electron chi connectivity index (χ2n) is 7.41. The summed E-state index contributed by atoms with van der Waals surface area (Å²) in [4.78, 5) is 16.9. The van der Waals surface area contributed by atoms with Crippen LogP contribution in [-0.4, -0.2) is 38.2 Å². The van der Waals surface area contributed by atoms with Gasteiger partial charge in [-0.05, 0) is 48.9 Å². The summed E-state index contributed by atoms with van der Waals surface area (Å²) in [6.45, 7) is 2.16. The van der Waals surface area contributed by atoms with Gasteiger partial charge in [-0.1, -0.05) is 36.0 Å². The van der Waals surface area contributed by atoms with Crippen molar-refractivity contribution in [3.8, 4) is 28.6 Å². The molecule has 1 atom stereocenters. The number of thioether (sulfide) groups is 1. The number of hydrogen-bond acceptors (Lipinski definition) is 7. The molecule has 33 heavy (non-hydrogen) atoms. The molecular formula is C24H21N5O3S. The zero-order valence-corrected chi connectivity index (χ0v) is 18.7. The number of para-hydroxylation sites is 1. The molecule has 1 N–H and O–H groups in total. The lowest BCUT2D eigenvalue weighted by atomic mass is 10.1. The summed E-state index contributed by atoms with van der Waals surface area (Å²) in [5.41, 5.74) is 2.71. The van der Waals surface area contributed by atoms with Crippen LogP contribution in [0, 0.1) is 0 Å². The zero-order chi connectivity index (χ0) is 22.6. The van der Waals surface area contributed by atoms with Gasteiger partial charge in [0.1, 0.15) is 0 Å². The molecule has 1 aliphatic rings. The SMILES string of the molecule is CC(NC(=O)CSc1nnc(-c2cccnc2)n1-c1ccccc1)c1ccc2c(c1)OCO2. The first-order valence-corrected chi connectivity index (χ1v) is 11.4. The Bertz CT molecular complexity index is 1260. The number of carbonyl (C=O) groups excluding carboxylic acids is 1. The second kappa shape index (κ2) is 9.33. The van der Waals surface area contributed by atoms with Gasteiger partial charge in [0.15, 0.2) is 22.5 Å². The van der Waals surface area contributed by atoms with E-state index in [2.05, 4.69) is 20.5 Å². The molecule has 1 unspecified atom stereocenters. The van der Waals surface area contributed by atoms with Crippen molar-refractivity contribution in [2.45, 2.75) is 18.1 Å². The Labute approximate surface area is 195 Å². The van der Waals surface area contributed by atoms with Gasteiger partial charge in [-0.2, -0.15) is 0 Å². The van der Waals surface area contributed by atoms with E-state index in [9.17, 15) is 4.79 Å². The fraction of sp³-hybridized carbons (Fsp3) is 0.167. The molecule has 0 bridgehead atoms. The van der Waals surface area contributed by atoms with Crippen LogP contribution in [0.1, 0.15) is 18.5 Å². The number of hydrogen-bond donors (Lipinski definition) is 1. The van der Waals surface area contributed by atoms with E-state index in [1.807, 2.05) is 72.2 Å². The number of amides is 1. The predicted molar refractivity (Wildman–Crippen MR) is 124 cm³/mol. The van der Waals surface area contributed by atoms with E-state index >= 15 is 0 Å². The highest BCUT2D eigenvalue weighted by molar-refractivity contribution is 7.99. The van der Waals surface area contributed by atoms with E-state index in [1.165, 1.54) is 11.8 Å². The van der Waals surface area contributed by atoms with Crippen molar-refractivity contribution in [2.24, 2.45) is 0 Å². The standard InChI is InChI=1S/C24H21N5O3S/c1-16(17-9-10-20-21(12-17)32-15-31-20)26-22(30)14-33-24-28-27-23(18-6-5-11-25-13-18)29(24)19-7-3-2-4-8-19/h2-13,16H,14-15H2,1H3,(H,26,30). The largest absolute Gasteiger partial charge is 0.454 e. The molecule has 2 aromatic heterocycles. The molecule has 1 aliphatic heterocycles. The maximum Gasteiger partial charge on any atom is 0.231 e. The molecule has 4 aromatic rings.